The van der Waals surface area contributed by atoms with Gasteiger partial charge in [-0.2, -0.15) is 0 Å². The molecular formula is C9H15N3O3. The second-order valence-electron chi connectivity index (χ2n) is 3.67. The molecule has 0 aromatic rings. The molecular weight excluding hydrogens is 198 g/mol. The number of morpholine rings is 1. The number of rotatable bonds is 1. The molecule has 6 nitrogen and oxygen atoms in total. The molecule has 0 aromatic heterocycles. The highest BCUT2D eigenvalue weighted by Crippen LogP contribution is 2.03. The summed E-state index contributed by atoms with van der Waals surface area (Å²) in [5, 5.41) is 5.77. The van der Waals surface area contributed by atoms with Gasteiger partial charge in [-0.1, -0.05) is 0 Å². The molecule has 6 heteroatoms. The quantitative estimate of drug-likeness (QED) is 0.525. The number of carbonyl (C=O) groups is 2. The minimum absolute atomic E-state index is 0.0861. The van der Waals surface area contributed by atoms with Crippen LogP contribution in [0.1, 0.15) is 0 Å². The van der Waals surface area contributed by atoms with Crippen molar-refractivity contribution < 1.29 is 14.3 Å². The Morgan fingerprint density at radius 1 is 1.47 bits per heavy atom. The zero-order chi connectivity index (χ0) is 10.7. The minimum Gasteiger partial charge on any atom is -0.366 e. The van der Waals surface area contributed by atoms with Crippen LogP contribution in [0, 0.1) is 0 Å². The first kappa shape index (κ1) is 10.4. The fourth-order valence-electron chi connectivity index (χ4n) is 1.75. The van der Waals surface area contributed by atoms with Crippen LogP contribution in [0.3, 0.4) is 0 Å². The van der Waals surface area contributed by atoms with E-state index in [1.807, 2.05) is 0 Å². The Morgan fingerprint density at radius 3 is 3.00 bits per heavy atom. The van der Waals surface area contributed by atoms with E-state index < -0.39 is 6.10 Å². The van der Waals surface area contributed by atoms with E-state index in [4.69, 9.17) is 4.74 Å². The molecule has 2 amide bonds. The summed E-state index contributed by atoms with van der Waals surface area (Å²) < 4.78 is 5.34. The number of nitrogens with one attached hydrogen (secondary N) is 2. The molecule has 2 saturated heterocycles. The fourth-order valence-corrected chi connectivity index (χ4v) is 1.75. The first-order valence-electron chi connectivity index (χ1n) is 5.15. The average molecular weight is 213 g/mol. The van der Waals surface area contributed by atoms with Crippen molar-refractivity contribution >= 4 is 11.8 Å². The highest BCUT2D eigenvalue weighted by molar-refractivity contribution is 5.88. The lowest BCUT2D eigenvalue weighted by molar-refractivity contribution is -0.149. The number of hydrogen-bond acceptors (Lipinski definition) is 4. The predicted molar refractivity (Wildman–Crippen MR) is 52.2 cm³/mol. The van der Waals surface area contributed by atoms with Crippen LogP contribution in [0.25, 0.3) is 0 Å². The second-order valence-corrected chi connectivity index (χ2v) is 3.67. The Balaban J connectivity index is 1.90. The third kappa shape index (κ3) is 2.45. The smallest absolute Gasteiger partial charge is 0.253 e. The van der Waals surface area contributed by atoms with Gasteiger partial charge in [-0.15, -0.1) is 0 Å². The molecule has 0 aromatic carbocycles. The molecule has 2 aliphatic heterocycles. The number of piperazine rings is 1. The topological polar surface area (TPSA) is 70.7 Å². The molecule has 0 aliphatic carbocycles. The molecule has 2 fully saturated rings. The maximum Gasteiger partial charge on any atom is 0.253 e. The molecule has 2 aliphatic rings. The SMILES string of the molecule is O=C1CN(C(=O)[C@@H]2CNCCO2)CCN1. The fraction of sp³-hybridized carbons (Fsp3) is 0.778. The van der Waals surface area contributed by atoms with Crippen LogP contribution in [-0.4, -0.2) is 62.1 Å². The van der Waals surface area contributed by atoms with Crippen molar-refractivity contribution in [3.05, 3.63) is 0 Å². The molecule has 1 atom stereocenters. The van der Waals surface area contributed by atoms with Gasteiger partial charge in [0.25, 0.3) is 5.91 Å². The van der Waals surface area contributed by atoms with Gasteiger partial charge in [0.1, 0.15) is 6.10 Å². The Labute approximate surface area is 87.9 Å². The zero-order valence-corrected chi connectivity index (χ0v) is 8.49. The van der Waals surface area contributed by atoms with E-state index in [0.29, 0.717) is 26.2 Å². The number of carbonyl (C=O) groups excluding carboxylic acids is 2. The van der Waals surface area contributed by atoms with Gasteiger partial charge in [0.05, 0.1) is 13.2 Å². The minimum atomic E-state index is -0.426. The van der Waals surface area contributed by atoms with Crippen molar-refractivity contribution in [1.82, 2.24) is 15.5 Å². The average Bonchev–Trinajstić information content (AvgIpc) is 2.29. The summed E-state index contributed by atoms with van der Waals surface area (Å²) in [6.45, 7) is 3.13. The van der Waals surface area contributed by atoms with Crippen molar-refractivity contribution in [2.45, 2.75) is 6.10 Å². The zero-order valence-electron chi connectivity index (χ0n) is 8.49. The third-order valence-electron chi connectivity index (χ3n) is 2.55. The summed E-state index contributed by atoms with van der Waals surface area (Å²) in [4.78, 5) is 24.5. The molecule has 0 saturated carbocycles. The first-order chi connectivity index (χ1) is 7.27. The van der Waals surface area contributed by atoms with E-state index >= 15 is 0 Å². The molecule has 2 rings (SSSR count). The first-order valence-corrected chi connectivity index (χ1v) is 5.15. The summed E-state index contributed by atoms with van der Waals surface area (Å²) in [6, 6.07) is 0. The maximum absolute atomic E-state index is 11.9. The Hall–Kier alpha value is -1.14. The normalized spacial score (nSPS) is 27.3. The van der Waals surface area contributed by atoms with E-state index in [1.54, 1.807) is 4.90 Å². The summed E-state index contributed by atoms with van der Waals surface area (Å²) in [5.74, 6) is -0.185. The summed E-state index contributed by atoms with van der Waals surface area (Å²) >= 11 is 0. The van der Waals surface area contributed by atoms with Crippen LogP contribution >= 0.6 is 0 Å². The van der Waals surface area contributed by atoms with Gasteiger partial charge in [0, 0.05) is 26.2 Å². The van der Waals surface area contributed by atoms with Gasteiger partial charge in [-0.05, 0) is 0 Å². The largest absolute Gasteiger partial charge is 0.366 e. The number of ether oxygens (including phenoxy) is 1. The van der Waals surface area contributed by atoms with Crippen LogP contribution in [0.2, 0.25) is 0 Å². The van der Waals surface area contributed by atoms with Crippen LogP contribution in [0.4, 0.5) is 0 Å². The summed E-state index contributed by atoms with van der Waals surface area (Å²) in [5.41, 5.74) is 0. The highest BCUT2D eigenvalue weighted by Gasteiger charge is 2.29. The Bertz CT molecular complexity index is 263. The van der Waals surface area contributed by atoms with E-state index in [9.17, 15) is 9.59 Å². The van der Waals surface area contributed by atoms with Gasteiger partial charge >= 0.3 is 0 Å². The molecule has 84 valence electrons. The summed E-state index contributed by atoms with van der Waals surface area (Å²) in [6.07, 6.45) is -0.426. The standard InChI is InChI=1S/C9H15N3O3/c13-8-6-12(3-1-11-8)9(14)7-5-10-2-4-15-7/h7,10H,1-6H2,(H,11,13)/t7-/m0/s1. The Morgan fingerprint density at radius 2 is 2.33 bits per heavy atom. The maximum atomic E-state index is 11.9. The lowest BCUT2D eigenvalue weighted by Crippen LogP contribution is -2.56. The van der Waals surface area contributed by atoms with Gasteiger partial charge < -0.3 is 20.3 Å². The second kappa shape index (κ2) is 4.59. The molecule has 0 spiro atoms. The lowest BCUT2D eigenvalue weighted by atomic mass is 10.2. The van der Waals surface area contributed by atoms with E-state index in [1.165, 1.54) is 0 Å². The Kier molecular flexibility index (Phi) is 3.17. The molecule has 0 radical (unpaired) electrons. The highest BCUT2D eigenvalue weighted by atomic mass is 16.5. The van der Waals surface area contributed by atoms with Gasteiger partial charge in [-0.3, -0.25) is 9.59 Å². The number of amides is 2. The molecule has 15 heavy (non-hydrogen) atoms. The van der Waals surface area contributed by atoms with Crippen molar-refractivity contribution in [3.63, 3.8) is 0 Å². The van der Waals surface area contributed by atoms with E-state index in [2.05, 4.69) is 10.6 Å². The van der Waals surface area contributed by atoms with Gasteiger partial charge in [-0.25, -0.2) is 0 Å². The molecule has 0 unspecified atom stereocenters. The molecule has 2 N–H and O–H groups in total. The van der Waals surface area contributed by atoms with Gasteiger partial charge in [0.15, 0.2) is 0 Å². The monoisotopic (exact) mass is 213 g/mol. The molecule has 0 bridgehead atoms. The predicted octanol–water partition coefficient (Wildman–Crippen LogP) is -2.07. The van der Waals surface area contributed by atoms with Crippen molar-refractivity contribution in [2.24, 2.45) is 0 Å². The number of nitrogens with zero attached hydrogens (tertiary/aromatic N) is 1. The van der Waals surface area contributed by atoms with Crippen LogP contribution in [-0.2, 0) is 14.3 Å². The van der Waals surface area contributed by atoms with Crippen LogP contribution in [0.15, 0.2) is 0 Å². The van der Waals surface area contributed by atoms with Crippen LogP contribution < -0.4 is 10.6 Å². The lowest BCUT2D eigenvalue weighted by Gasteiger charge is -2.31. The number of hydrogen-bond donors (Lipinski definition) is 2. The van der Waals surface area contributed by atoms with Gasteiger partial charge in [0.2, 0.25) is 5.91 Å². The molecule has 2 heterocycles. The van der Waals surface area contributed by atoms with E-state index in [-0.39, 0.29) is 18.4 Å². The third-order valence-corrected chi connectivity index (χ3v) is 2.55. The summed E-state index contributed by atoms with van der Waals surface area (Å²) in [7, 11) is 0. The van der Waals surface area contributed by atoms with E-state index in [0.717, 1.165) is 6.54 Å². The van der Waals surface area contributed by atoms with Crippen LogP contribution in [0.5, 0.6) is 0 Å². The van der Waals surface area contributed by atoms with Crippen molar-refractivity contribution in [3.8, 4) is 0 Å². The van der Waals surface area contributed by atoms with Crippen molar-refractivity contribution in [1.29, 1.82) is 0 Å². The van der Waals surface area contributed by atoms with Crippen molar-refractivity contribution in [2.75, 3.05) is 39.3 Å².